The summed E-state index contributed by atoms with van der Waals surface area (Å²) in [6.07, 6.45) is 0.915. The van der Waals surface area contributed by atoms with E-state index in [9.17, 15) is 0 Å². The number of rotatable bonds is 4. The number of halogens is 1. The second-order valence-corrected chi connectivity index (χ2v) is 4.55. The molecular weight excluding hydrogens is 196 g/mol. The number of hydrogen-bond acceptors (Lipinski definition) is 2. The summed E-state index contributed by atoms with van der Waals surface area (Å²) in [7, 11) is 0. The van der Waals surface area contributed by atoms with Crippen molar-refractivity contribution in [2.75, 3.05) is 11.9 Å². The summed E-state index contributed by atoms with van der Waals surface area (Å²) in [5, 5.41) is 4.01. The molecular formula is C11H17ClN2. The van der Waals surface area contributed by atoms with Gasteiger partial charge in [0.25, 0.3) is 0 Å². The fraction of sp³-hybridized carbons (Fsp3) is 0.455. The Kier molecular flexibility index (Phi) is 3.78. The molecule has 0 fully saturated rings. The largest absolute Gasteiger partial charge is 0.384 e. The van der Waals surface area contributed by atoms with Gasteiger partial charge >= 0.3 is 0 Å². The van der Waals surface area contributed by atoms with E-state index in [-0.39, 0.29) is 5.54 Å². The van der Waals surface area contributed by atoms with Crippen LogP contribution in [-0.2, 0) is 0 Å². The van der Waals surface area contributed by atoms with Gasteiger partial charge in [-0.1, -0.05) is 23.7 Å². The number of benzene rings is 1. The highest BCUT2D eigenvalue weighted by atomic mass is 35.5. The van der Waals surface area contributed by atoms with Crippen LogP contribution in [-0.4, -0.2) is 12.1 Å². The van der Waals surface area contributed by atoms with Crippen LogP contribution in [0, 0.1) is 0 Å². The molecule has 0 saturated heterocycles. The lowest BCUT2D eigenvalue weighted by Crippen LogP contribution is -2.34. The van der Waals surface area contributed by atoms with Crippen LogP contribution in [0.15, 0.2) is 24.3 Å². The Labute approximate surface area is 90.4 Å². The van der Waals surface area contributed by atoms with Crippen molar-refractivity contribution in [3.05, 3.63) is 29.3 Å². The molecule has 0 saturated carbocycles. The van der Waals surface area contributed by atoms with Gasteiger partial charge in [0.2, 0.25) is 0 Å². The van der Waals surface area contributed by atoms with Crippen LogP contribution in [0.3, 0.4) is 0 Å². The van der Waals surface area contributed by atoms with E-state index in [2.05, 4.69) is 5.32 Å². The molecule has 0 aliphatic rings. The van der Waals surface area contributed by atoms with Gasteiger partial charge in [-0.3, -0.25) is 0 Å². The quantitative estimate of drug-likeness (QED) is 0.806. The molecule has 3 heteroatoms. The Bertz CT molecular complexity index is 292. The Balaban J connectivity index is 2.43. The van der Waals surface area contributed by atoms with Gasteiger partial charge in [-0.15, -0.1) is 0 Å². The van der Waals surface area contributed by atoms with Crippen LogP contribution in [0.25, 0.3) is 0 Å². The Morgan fingerprint density at radius 2 is 2.00 bits per heavy atom. The van der Waals surface area contributed by atoms with E-state index < -0.39 is 0 Å². The number of para-hydroxylation sites is 1. The summed E-state index contributed by atoms with van der Waals surface area (Å²) >= 11 is 5.98. The maximum atomic E-state index is 5.98. The average Bonchev–Trinajstić information content (AvgIpc) is 2.06. The van der Waals surface area contributed by atoms with Crippen molar-refractivity contribution in [3.63, 3.8) is 0 Å². The number of nitrogens with two attached hydrogens (primary N) is 1. The van der Waals surface area contributed by atoms with Gasteiger partial charge in [-0.05, 0) is 32.4 Å². The number of nitrogens with one attached hydrogen (secondary N) is 1. The summed E-state index contributed by atoms with van der Waals surface area (Å²) in [6, 6.07) is 7.71. The summed E-state index contributed by atoms with van der Waals surface area (Å²) in [6.45, 7) is 4.87. The first-order valence-corrected chi connectivity index (χ1v) is 5.14. The van der Waals surface area contributed by atoms with Crippen LogP contribution in [0.1, 0.15) is 20.3 Å². The van der Waals surface area contributed by atoms with E-state index in [0.29, 0.717) is 0 Å². The minimum atomic E-state index is -0.131. The standard InChI is InChI=1S/C11H17ClN2/c1-11(2,13)7-8-14-10-6-4-3-5-9(10)12/h3-6,14H,7-8,13H2,1-2H3. The van der Waals surface area contributed by atoms with Gasteiger partial charge in [-0.2, -0.15) is 0 Å². The highest BCUT2D eigenvalue weighted by Crippen LogP contribution is 2.20. The number of anilines is 1. The van der Waals surface area contributed by atoms with E-state index in [0.717, 1.165) is 23.7 Å². The molecule has 0 radical (unpaired) electrons. The zero-order chi connectivity index (χ0) is 10.6. The van der Waals surface area contributed by atoms with Crippen molar-refractivity contribution in [2.45, 2.75) is 25.8 Å². The summed E-state index contributed by atoms with van der Waals surface area (Å²) < 4.78 is 0. The van der Waals surface area contributed by atoms with E-state index >= 15 is 0 Å². The zero-order valence-corrected chi connectivity index (χ0v) is 9.43. The maximum absolute atomic E-state index is 5.98. The van der Waals surface area contributed by atoms with Crippen molar-refractivity contribution in [3.8, 4) is 0 Å². The molecule has 2 nitrogen and oxygen atoms in total. The van der Waals surface area contributed by atoms with Crippen molar-refractivity contribution in [1.82, 2.24) is 0 Å². The molecule has 0 bridgehead atoms. The van der Waals surface area contributed by atoms with E-state index in [4.69, 9.17) is 17.3 Å². The molecule has 0 unspecified atom stereocenters. The molecule has 1 rings (SSSR count). The predicted octanol–water partition coefficient (Wildman–Crippen LogP) is 2.88. The minimum absolute atomic E-state index is 0.131. The second kappa shape index (κ2) is 4.67. The molecule has 0 aliphatic heterocycles. The van der Waals surface area contributed by atoms with Crippen molar-refractivity contribution < 1.29 is 0 Å². The first kappa shape index (κ1) is 11.3. The van der Waals surface area contributed by atoms with Crippen LogP contribution in [0.5, 0.6) is 0 Å². The molecule has 0 aliphatic carbocycles. The molecule has 3 N–H and O–H groups in total. The van der Waals surface area contributed by atoms with Gasteiger partial charge < -0.3 is 11.1 Å². The first-order chi connectivity index (χ1) is 6.49. The molecule has 0 spiro atoms. The van der Waals surface area contributed by atoms with Crippen LogP contribution < -0.4 is 11.1 Å². The predicted molar refractivity (Wildman–Crippen MR) is 62.8 cm³/mol. The summed E-state index contributed by atoms with van der Waals surface area (Å²) in [5.74, 6) is 0. The third-order valence-electron chi connectivity index (χ3n) is 1.96. The molecule has 1 aromatic carbocycles. The van der Waals surface area contributed by atoms with E-state index in [1.54, 1.807) is 0 Å². The van der Waals surface area contributed by atoms with Crippen molar-refractivity contribution in [1.29, 1.82) is 0 Å². The van der Waals surface area contributed by atoms with Crippen LogP contribution >= 0.6 is 11.6 Å². The smallest absolute Gasteiger partial charge is 0.0637 e. The normalized spacial score (nSPS) is 11.4. The fourth-order valence-electron chi connectivity index (χ4n) is 1.12. The molecule has 0 heterocycles. The van der Waals surface area contributed by atoms with Crippen molar-refractivity contribution >= 4 is 17.3 Å². The lowest BCUT2D eigenvalue weighted by molar-refractivity contribution is 0.491. The van der Waals surface area contributed by atoms with Gasteiger partial charge in [0, 0.05) is 12.1 Å². The average molecular weight is 213 g/mol. The van der Waals surface area contributed by atoms with Crippen molar-refractivity contribution in [2.24, 2.45) is 5.73 Å². The van der Waals surface area contributed by atoms with Gasteiger partial charge in [0.15, 0.2) is 0 Å². The Hall–Kier alpha value is -0.730. The minimum Gasteiger partial charge on any atom is -0.384 e. The lowest BCUT2D eigenvalue weighted by atomic mass is 10.0. The fourth-order valence-corrected chi connectivity index (χ4v) is 1.33. The van der Waals surface area contributed by atoms with E-state index in [1.807, 2.05) is 38.1 Å². The molecule has 78 valence electrons. The Morgan fingerprint density at radius 1 is 1.36 bits per heavy atom. The SMILES string of the molecule is CC(C)(N)CCNc1ccccc1Cl. The maximum Gasteiger partial charge on any atom is 0.0637 e. The Morgan fingerprint density at radius 3 is 2.57 bits per heavy atom. The van der Waals surface area contributed by atoms with Crippen LogP contribution in [0.4, 0.5) is 5.69 Å². The number of hydrogen-bond donors (Lipinski definition) is 2. The van der Waals surface area contributed by atoms with Gasteiger partial charge in [0.05, 0.1) is 10.7 Å². The van der Waals surface area contributed by atoms with Crippen LogP contribution in [0.2, 0.25) is 5.02 Å². The summed E-state index contributed by atoms with van der Waals surface area (Å²) in [4.78, 5) is 0. The zero-order valence-electron chi connectivity index (χ0n) is 8.68. The highest BCUT2D eigenvalue weighted by molar-refractivity contribution is 6.33. The molecule has 14 heavy (non-hydrogen) atoms. The topological polar surface area (TPSA) is 38.0 Å². The van der Waals surface area contributed by atoms with E-state index in [1.165, 1.54) is 0 Å². The molecule has 0 amide bonds. The lowest BCUT2D eigenvalue weighted by Gasteiger charge is -2.19. The summed E-state index contributed by atoms with van der Waals surface area (Å²) in [5.41, 5.74) is 6.70. The molecule has 1 aromatic rings. The first-order valence-electron chi connectivity index (χ1n) is 4.76. The van der Waals surface area contributed by atoms with Gasteiger partial charge in [-0.25, -0.2) is 0 Å². The third kappa shape index (κ3) is 3.99. The molecule has 0 atom stereocenters. The third-order valence-corrected chi connectivity index (χ3v) is 2.29. The highest BCUT2D eigenvalue weighted by Gasteiger charge is 2.09. The monoisotopic (exact) mass is 212 g/mol. The van der Waals surface area contributed by atoms with Gasteiger partial charge in [0.1, 0.15) is 0 Å². The second-order valence-electron chi connectivity index (χ2n) is 4.15. The molecule has 0 aromatic heterocycles.